The molecule has 2 heterocycles. The fourth-order valence-electron chi connectivity index (χ4n) is 2.47. The summed E-state index contributed by atoms with van der Waals surface area (Å²) in [5.41, 5.74) is -0.210. The molecule has 0 aromatic heterocycles. The zero-order chi connectivity index (χ0) is 11.9. The van der Waals surface area contributed by atoms with Gasteiger partial charge in [-0.05, 0) is 12.5 Å². The highest BCUT2D eigenvalue weighted by Gasteiger charge is 2.51. The maximum Gasteiger partial charge on any atom is 0.179 e. The van der Waals surface area contributed by atoms with E-state index in [0.29, 0.717) is 13.0 Å². The van der Waals surface area contributed by atoms with Crippen LogP contribution in [-0.4, -0.2) is 29.7 Å². The molecular weight excluding hydrogens is 221 g/mol. The highest BCUT2D eigenvalue weighted by atomic mass is 19.1. The molecule has 4 heteroatoms. The minimum atomic E-state index is -1.33. The number of ether oxygens (including phenoxy) is 1. The van der Waals surface area contributed by atoms with Crippen molar-refractivity contribution < 1.29 is 14.0 Å². The van der Waals surface area contributed by atoms with Crippen LogP contribution in [0.4, 0.5) is 4.39 Å². The third-order valence-corrected chi connectivity index (χ3v) is 3.44. The van der Waals surface area contributed by atoms with E-state index >= 15 is 0 Å². The molecule has 2 bridgehead atoms. The smallest absolute Gasteiger partial charge is 0.179 e. The lowest BCUT2D eigenvalue weighted by Crippen LogP contribution is -2.48. The van der Waals surface area contributed by atoms with Gasteiger partial charge in [0.05, 0.1) is 12.6 Å². The van der Waals surface area contributed by atoms with Crippen molar-refractivity contribution in [1.82, 2.24) is 5.06 Å². The average Bonchev–Trinajstić information content (AvgIpc) is 2.67. The first-order chi connectivity index (χ1) is 8.15. The van der Waals surface area contributed by atoms with Gasteiger partial charge < -0.3 is 4.74 Å². The Morgan fingerprint density at radius 2 is 2.18 bits per heavy atom. The van der Waals surface area contributed by atoms with Crippen molar-refractivity contribution in [3.8, 4) is 0 Å². The van der Waals surface area contributed by atoms with Gasteiger partial charge in [-0.1, -0.05) is 30.3 Å². The topological polar surface area (TPSA) is 21.7 Å². The summed E-state index contributed by atoms with van der Waals surface area (Å²) in [6.45, 7) is 2.30. The molecule has 0 N–H and O–H groups in total. The first-order valence-electron chi connectivity index (χ1n) is 5.93. The number of halogens is 1. The Labute approximate surface area is 100 Å². The molecule has 0 radical (unpaired) electrons. The van der Waals surface area contributed by atoms with Gasteiger partial charge in [0.1, 0.15) is 5.67 Å². The Kier molecular flexibility index (Phi) is 2.65. The highest BCUT2D eigenvalue weighted by molar-refractivity contribution is 5.14. The molecule has 0 aliphatic carbocycles. The molecule has 0 unspecified atom stereocenters. The van der Waals surface area contributed by atoms with Crippen LogP contribution in [0.5, 0.6) is 0 Å². The molecule has 2 aliphatic heterocycles. The van der Waals surface area contributed by atoms with Gasteiger partial charge in [-0.3, -0.25) is 4.84 Å². The minimum Gasteiger partial charge on any atom is -0.347 e. The highest BCUT2D eigenvalue weighted by Crippen LogP contribution is 2.38. The van der Waals surface area contributed by atoms with E-state index in [2.05, 4.69) is 0 Å². The Morgan fingerprint density at radius 1 is 1.41 bits per heavy atom. The number of benzene rings is 1. The van der Waals surface area contributed by atoms with Crippen LogP contribution in [0.25, 0.3) is 0 Å². The van der Waals surface area contributed by atoms with Crippen molar-refractivity contribution in [3.05, 3.63) is 35.9 Å². The summed E-state index contributed by atoms with van der Waals surface area (Å²) in [4.78, 5) is 5.60. The van der Waals surface area contributed by atoms with Crippen LogP contribution in [0.15, 0.2) is 30.3 Å². The van der Waals surface area contributed by atoms with E-state index in [1.165, 1.54) is 0 Å². The van der Waals surface area contributed by atoms with Gasteiger partial charge in [0.15, 0.2) is 6.29 Å². The first-order valence-corrected chi connectivity index (χ1v) is 5.93. The van der Waals surface area contributed by atoms with E-state index in [0.717, 1.165) is 5.56 Å². The quantitative estimate of drug-likeness (QED) is 0.787. The molecule has 0 saturated carbocycles. The summed E-state index contributed by atoms with van der Waals surface area (Å²) in [7, 11) is 0. The predicted octanol–water partition coefficient (Wildman–Crippen LogP) is 2.28. The maximum absolute atomic E-state index is 14.3. The maximum atomic E-state index is 14.3. The summed E-state index contributed by atoms with van der Waals surface area (Å²) in [5, 5.41) is 1.73. The van der Waals surface area contributed by atoms with Crippen molar-refractivity contribution in [1.29, 1.82) is 0 Å². The lowest BCUT2D eigenvalue weighted by Gasteiger charge is -2.32. The van der Waals surface area contributed by atoms with Crippen LogP contribution in [0.1, 0.15) is 18.9 Å². The number of hydrogen-bond acceptors (Lipinski definition) is 3. The largest absolute Gasteiger partial charge is 0.347 e. The third kappa shape index (κ3) is 2.08. The fourth-order valence-corrected chi connectivity index (χ4v) is 2.47. The van der Waals surface area contributed by atoms with E-state index < -0.39 is 5.67 Å². The van der Waals surface area contributed by atoms with Gasteiger partial charge in [-0.15, -0.1) is 0 Å². The lowest BCUT2D eigenvalue weighted by atomic mass is 9.94. The van der Waals surface area contributed by atoms with Crippen molar-refractivity contribution in [2.24, 2.45) is 0 Å². The van der Waals surface area contributed by atoms with Gasteiger partial charge in [0, 0.05) is 13.0 Å². The minimum absolute atomic E-state index is 0.119. The number of hydroxylamine groups is 2. The van der Waals surface area contributed by atoms with E-state index in [9.17, 15) is 4.39 Å². The predicted molar refractivity (Wildman–Crippen MR) is 60.7 cm³/mol. The van der Waals surface area contributed by atoms with Gasteiger partial charge in [0.25, 0.3) is 0 Å². The molecule has 3 rings (SSSR count). The molecule has 92 valence electrons. The van der Waals surface area contributed by atoms with Gasteiger partial charge in [0.2, 0.25) is 0 Å². The van der Waals surface area contributed by atoms with Crippen molar-refractivity contribution in [3.63, 3.8) is 0 Å². The van der Waals surface area contributed by atoms with E-state index in [1.807, 2.05) is 30.3 Å². The average molecular weight is 237 g/mol. The summed E-state index contributed by atoms with van der Waals surface area (Å²) in [6, 6.07) is 9.74. The molecule has 17 heavy (non-hydrogen) atoms. The van der Waals surface area contributed by atoms with Crippen molar-refractivity contribution in [2.45, 2.75) is 37.9 Å². The van der Waals surface area contributed by atoms with Crippen LogP contribution < -0.4 is 0 Å². The van der Waals surface area contributed by atoms with Gasteiger partial charge in [-0.25, -0.2) is 4.39 Å². The Balaban J connectivity index is 1.76. The monoisotopic (exact) mass is 237 g/mol. The molecule has 1 aromatic rings. The Hall–Kier alpha value is -0.970. The van der Waals surface area contributed by atoms with Crippen molar-refractivity contribution in [2.75, 3.05) is 6.61 Å². The second-order valence-electron chi connectivity index (χ2n) is 4.94. The van der Waals surface area contributed by atoms with E-state index in [1.54, 1.807) is 12.0 Å². The van der Waals surface area contributed by atoms with Crippen LogP contribution in [0, 0.1) is 0 Å². The third-order valence-electron chi connectivity index (χ3n) is 3.44. The van der Waals surface area contributed by atoms with Crippen LogP contribution in [-0.2, 0) is 16.1 Å². The zero-order valence-electron chi connectivity index (χ0n) is 9.80. The van der Waals surface area contributed by atoms with Crippen LogP contribution >= 0.6 is 0 Å². The summed E-state index contributed by atoms with van der Waals surface area (Å²) < 4.78 is 19.6. The molecule has 2 saturated heterocycles. The summed E-state index contributed by atoms with van der Waals surface area (Å²) in [5.74, 6) is 0. The number of hydrogen-bond donors (Lipinski definition) is 0. The summed E-state index contributed by atoms with van der Waals surface area (Å²) >= 11 is 0. The molecule has 2 aliphatic rings. The van der Waals surface area contributed by atoms with E-state index in [-0.39, 0.29) is 18.9 Å². The number of rotatable bonds is 2. The molecule has 2 fully saturated rings. The molecular formula is C13H16FNO2. The van der Waals surface area contributed by atoms with Crippen molar-refractivity contribution >= 4 is 0 Å². The van der Waals surface area contributed by atoms with Crippen LogP contribution in [0.3, 0.4) is 0 Å². The normalized spacial score (nSPS) is 37.3. The van der Waals surface area contributed by atoms with E-state index in [4.69, 9.17) is 9.57 Å². The van der Waals surface area contributed by atoms with Crippen LogP contribution in [0.2, 0.25) is 0 Å². The first kappa shape index (κ1) is 11.1. The number of fused-ring (bicyclic) bond motifs is 2. The molecule has 0 spiro atoms. The number of nitrogens with zero attached hydrogens (tertiary/aromatic N) is 1. The number of alkyl halides is 1. The SMILES string of the molecule is C[C@]1(F)CO[C@@H]2C[C@H]1N(Cc1ccccc1)O2. The van der Waals surface area contributed by atoms with Gasteiger partial charge >= 0.3 is 0 Å². The summed E-state index contributed by atoms with van der Waals surface area (Å²) in [6.07, 6.45) is 0.340. The lowest BCUT2D eigenvalue weighted by molar-refractivity contribution is -0.228. The second-order valence-corrected chi connectivity index (χ2v) is 4.94. The standard InChI is InChI=1S/C13H16FNO2/c1-13(14)9-16-12-7-11(13)15(17-12)8-10-5-3-2-4-6-10/h2-6,11-12H,7-9H2,1H3/t11-,12+,13+/m1/s1. The molecule has 0 amide bonds. The van der Waals surface area contributed by atoms with Gasteiger partial charge in [-0.2, -0.15) is 5.06 Å². The second kappa shape index (κ2) is 4.05. The Morgan fingerprint density at radius 3 is 2.94 bits per heavy atom. The molecule has 3 nitrogen and oxygen atoms in total. The molecule has 3 atom stereocenters. The molecule has 1 aromatic carbocycles. The fraction of sp³-hybridized carbons (Fsp3) is 0.538. The Bertz CT molecular complexity index is 396. The zero-order valence-corrected chi connectivity index (χ0v) is 9.80.